The van der Waals surface area contributed by atoms with E-state index in [1.165, 1.54) is 24.3 Å². The molecule has 0 atom stereocenters. The van der Waals surface area contributed by atoms with Crippen LogP contribution in [0.5, 0.6) is 0 Å². The highest BCUT2D eigenvalue weighted by Gasteiger charge is 2.15. The van der Waals surface area contributed by atoms with Gasteiger partial charge in [0.25, 0.3) is 5.91 Å². The van der Waals surface area contributed by atoms with Crippen LogP contribution >= 0.6 is 0 Å². The number of hydrogen-bond donors (Lipinski definition) is 3. The molecule has 1 amide bonds. The minimum atomic E-state index is -3.34. The fourth-order valence-corrected chi connectivity index (χ4v) is 1.94. The summed E-state index contributed by atoms with van der Waals surface area (Å²) in [5.74, 6) is -0.689. The number of sulfonamides is 1. The normalized spacial score (nSPS) is 11.1. The highest BCUT2D eigenvalue weighted by molar-refractivity contribution is 7.92. The number of anilines is 3. The second kappa shape index (κ2) is 5.17. The number of carbonyl (C=O) groups excluding carboxylic acids is 1. The molecule has 0 radical (unpaired) electrons. The summed E-state index contributed by atoms with van der Waals surface area (Å²) < 4.78 is 28.7. The zero-order valence-electron chi connectivity index (χ0n) is 10.3. The Kier molecular flexibility index (Phi) is 3.57. The molecule has 106 valence electrons. The monoisotopic (exact) mass is 297 g/mol. The van der Waals surface area contributed by atoms with Crippen LogP contribution in [-0.2, 0) is 10.0 Å². The Morgan fingerprint density at radius 2 is 1.80 bits per heavy atom. The molecule has 0 bridgehead atoms. The molecule has 0 spiro atoms. The Morgan fingerprint density at radius 3 is 2.30 bits per heavy atom. The van der Waals surface area contributed by atoms with Crippen LogP contribution in [0.4, 0.5) is 17.2 Å². The third-order valence-corrected chi connectivity index (χ3v) is 2.78. The van der Waals surface area contributed by atoms with E-state index in [1.54, 1.807) is 0 Å². The largest absolute Gasteiger partial charge is 0.379 e. The maximum absolute atomic E-state index is 11.7. The number of hydrogen-bond acceptors (Lipinski definition) is 7. The fraction of sp³-hybridized carbons (Fsp3) is 0.100. The van der Waals surface area contributed by atoms with Crippen LogP contribution in [-0.4, -0.2) is 30.9 Å². The van der Waals surface area contributed by atoms with Crippen LogP contribution in [0.15, 0.2) is 28.9 Å². The molecule has 0 saturated heterocycles. The zero-order chi connectivity index (χ0) is 14.8. The Morgan fingerprint density at radius 1 is 1.20 bits per heavy atom. The van der Waals surface area contributed by atoms with Gasteiger partial charge in [0.15, 0.2) is 0 Å². The van der Waals surface area contributed by atoms with Crippen molar-refractivity contribution in [2.75, 3.05) is 22.0 Å². The molecular weight excluding hydrogens is 286 g/mol. The van der Waals surface area contributed by atoms with Crippen LogP contribution in [0.25, 0.3) is 0 Å². The van der Waals surface area contributed by atoms with Crippen molar-refractivity contribution in [2.45, 2.75) is 0 Å². The topological polar surface area (TPSA) is 140 Å². The smallest absolute Gasteiger partial charge is 0.281 e. The zero-order valence-corrected chi connectivity index (χ0v) is 11.1. The standard InChI is InChI=1S/C10H11N5O4S/c1-20(17,18)15-7-4-2-6(3-5-7)12-10(16)8-9(11)14-19-13-8/h2-5,15H,1H3,(H2,11,14)(H,12,16). The van der Waals surface area contributed by atoms with Crippen molar-refractivity contribution in [2.24, 2.45) is 0 Å². The summed E-state index contributed by atoms with van der Waals surface area (Å²) in [7, 11) is -3.34. The average Bonchev–Trinajstić information content (AvgIpc) is 2.76. The molecule has 0 aliphatic carbocycles. The maximum Gasteiger partial charge on any atom is 0.281 e. The molecule has 4 N–H and O–H groups in total. The third-order valence-electron chi connectivity index (χ3n) is 2.17. The first kappa shape index (κ1) is 13.8. The molecule has 2 rings (SSSR count). The third kappa shape index (κ3) is 3.45. The van der Waals surface area contributed by atoms with Crippen molar-refractivity contribution in [3.05, 3.63) is 30.0 Å². The number of amides is 1. The van der Waals surface area contributed by atoms with Gasteiger partial charge in [0.2, 0.25) is 21.5 Å². The lowest BCUT2D eigenvalue weighted by atomic mass is 10.3. The Balaban J connectivity index is 2.08. The summed E-state index contributed by atoms with van der Waals surface area (Å²) in [5.41, 5.74) is 6.09. The quantitative estimate of drug-likeness (QED) is 0.735. The van der Waals surface area contributed by atoms with Crippen LogP contribution in [0.3, 0.4) is 0 Å². The summed E-state index contributed by atoms with van der Waals surface area (Å²) in [6, 6.07) is 6.05. The average molecular weight is 297 g/mol. The SMILES string of the molecule is CS(=O)(=O)Nc1ccc(NC(=O)c2nonc2N)cc1. The van der Waals surface area contributed by atoms with Gasteiger partial charge in [-0.2, -0.15) is 0 Å². The van der Waals surface area contributed by atoms with Gasteiger partial charge in [0.1, 0.15) is 0 Å². The lowest BCUT2D eigenvalue weighted by Gasteiger charge is -2.06. The van der Waals surface area contributed by atoms with E-state index >= 15 is 0 Å². The summed E-state index contributed by atoms with van der Waals surface area (Å²) >= 11 is 0. The van der Waals surface area contributed by atoms with E-state index < -0.39 is 15.9 Å². The van der Waals surface area contributed by atoms with Crippen molar-refractivity contribution < 1.29 is 17.8 Å². The van der Waals surface area contributed by atoms with E-state index in [0.717, 1.165) is 6.26 Å². The number of nitrogens with zero attached hydrogens (tertiary/aromatic N) is 2. The Labute approximate surface area is 114 Å². The summed E-state index contributed by atoms with van der Waals surface area (Å²) in [6.45, 7) is 0. The summed E-state index contributed by atoms with van der Waals surface area (Å²) in [5, 5.41) is 9.17. The predicted octanol–water partition coefficient (Wildman–Crippen LogP) is 0.276. The molecule has 0 aliphatic heterocycles. The van der Waals surface area contributed by atoms with Gasteiger partial charge in [0.05, 0.1) is 6.26 Å². The van der Waals surface area contributed by atoms with Crippen molar-refractivity contribution in [1.29, 1.82) is 0 Å². The molecule has 0 aliphatic rings. The fourth-order valence-electron chi connectivity index (χ4n) is 1.38. The van der Waals surface area contributed by atoms with Gasteiger partial charge in [-0.15, -0.1) is 0 Å². The van der Waals surface area contributed by atoms with E-state index in [2.05, 4.69) is 25.0 Å². The van der Waals surface area contributed by atoms with Crippen molar-refractivity contribution in [3.8, 4) is 0 Å². The van der Waals surface area contributed by atoms with E-state index in [0.29, 0.717) is 11.4 Å². The number of nitrogens with one attached hydrogen (secondary N) is 2. The minimum Gasteiger partial charge on any atom is -0.379 e. The lowest BCUT2D eigenvalue weighted by molar-refractivity contribution is 0.101. The molecule has 10 heteroatoms. The number of rotatable bonds is 4. The number of benzene rings is 1. The van der Waals surface area contributed by atoms with Gasteiger partial charge < -0.3 is 11.1 Å². The highest BCUT2D eigenvalue weighted by atomic mass is 32.2. The van der Waals surface area contributed by atoms with Gasteiger partial charge >= 0.3 is 0 Å². The van der Waals surface area contributed by atoms with E-state index in [1.807, 2.05) is 0 Å². The number of carbonyl (C=O) groups is 1. The minimum absolute atomic E-state index is 0.113. The van der Waals surface area contributed by atoms with Gasteiger partial charge in [-0.05, 0) is 34.6 Å². The van der Waals surface area contributed by atoms with Crippen LogP contribution in [0, 0.1) is 0 Å². The maximum atomic E-state index is 11.7. The second-order valence-corrected chi connectivity index (χ2v) is 5.65. The highest BCUT2D eigenvalue weighted by Crippen LogP contribution is 2.16. The number of nitrogen functional groups attached to an aromatic ring is 1. The van der Waals surface area contributed by atoms with E-state index in [4.69, 9.17) is 5.73 Å². The van der Waals surface area contributed by atoms with Crippen LogP contribution < -0.4 is 15.8 Å². The first-order chi connectivity index (χ1) is 9.35. The van der Waals surface area contributed by atoms with Crippen LogP contribution in [0.1, 0.15) is 10.5 Å². The van der Waals surface area contributed by atoms with Crippen LogP contribution in [0.2, 0.25) is 0 Å². The van der Waals surface area contributed by atoms with Crippen molar-refractivity contribution in [1.82, 2.24) is 10.3 Å². The molecule has 9 nitrogen and oxygen atoms in total. The number of nitrogens with two attached hydrogens (primary N) is 1. The molecule has 1 aromatic carbocycles. The molecule has 20 heavy (non-hydrogen) atoms. The summed E-state index contributed by atoms with van der Waals surface area (Å²) in [4.78, 5) is 11.7. The first-order valence-electron chi connectivity index (χ1n) is 5.32. The van der Waals surface area contributed by atoms with E-state index in [-0.39, 0.29) is 11.5 Å². The van der Waals surface area contributed by atoms with Gasteiger partial charge in [0, 0.05) is 11.4 Å². The van der Waals surface area contributed by atoms with Gasteiger partial charge in [-0.25, -0.2) is 13.0 Å². The molecule has 2 aromatic rings. The molecule has 1 aromatic heterocycles. The molecule has 1 heterocycles. The van der Waals surface area contributed by atoms with Gasteiger partial charge in [-0.3, -0.25) is 9.52 Å². The molecule has 0 unspecified atom stereocenters. The second-order valence-electron chi connectivity index (χ2n) is 3.90. The molecule has 0 fully saturated rings. The number of aromatic nitrogens is 2. The summed E-state index contributed by atoms with van der Waals surface area (Å²) in [6.07, 6.45) is 1.04. The Bertz CT molecular complexity index is 722. The molecule has 0 saturated carbocycles. The Hall–Kier alpha value is -2.62. The predicted molar refractivity (Wildman–Crippen MR) is 71.6 cm³/mol. The lowest BCUT2D eigenvalue weighted by Crippen LogP contribution is -2.14. The molecular formula is C10H11N5O4S. The van der Waals surface area contributed by atoms with Gasteiger partial charge in [-0.1, -0.05) is 0 Å². The van der Waals surface area contributed by atoms with E-state index in [9.17, 15) is 13.2 Å². The van der Waals surface area contributed by atoms with Crippen molar-refractivity contribution in [3.63, 3.8) is 0 Å². The first-order valence-corrected chi connectivity index (χ1v) is 7.21. The van der Waals surface area contributed by atoms with Crippen molar-refractivity contribution >= 4 is 33.1 Å².